The van der Waals surface area contributed by atoms with E-state index in [0.29, 0.717) is 4.11 Å². The summed E-state index contributed by atoms with van der Waals surface area (Å²) >= 11 is 2.60. The lowest BCUT2D eigenvalue weighted by molar-refractivity contribution is -0.179. The van der Waals surface area contributed by atoms with E-state index >= 15 is 0 Å². The van der Waals surface area contributed by atoms with Crippen molar-refractivity contribution in [1.29, 1.82) is 0 Å². The first-order valence-corrected chi connectivity index (χ1v) is 17.7. The van der Waals surface area contributed by atoms with Crippen LogP contribution in [0.1, 0.15) is 11.1 Å². The number of alkyl halides is 1. The lowest BCUT2D eigenvalue weighted by Gasteiger charge is -2.43. The Morgan fingerprint density at radius 1 is 0.778 bits per heavy atom. The first-order chi connectivity index (χ1) is 12.6. The van der Waals surface area contributed by atoms with Gasteiger partial charge in [0.2, 0.25) is 6.29 Å². The Balaban J connectivity index is 2.31. The van der Waals surface area contributed by atoms with Crippen LogP contribution >= 0.6 is 22.6 Å². The van der Waals surface area contributed by atoms with Crippen LogP contribution in [0, 0.1) is 0 Å². The Morgan fingerprint density at radius 3 is 1.63 bits per heavy atom. The predicted molar refractivity (Wildman–Crippen MR) is 131 cm³/mol. The van der Waals surface area contributed by atoms with Gasteiger partial charge in [0.25, 0.3) is 0 Å². The van der Waals surface area contributed by atoms with E-state index in [1.54, 1.807) is 0 Å². The van der Waals surface area contributed by atoms with Crippen molar-refractivity contribution in [3.05, 3.63) is 71.8 Å². The number of hydrogen-bond donors (Lipinski definition) is 0. The molecule has 0 aromatic heterocycles. The van der Waals surface area contributed by atoms with Gasteiger partial charge in [-0.2, -0.15) is 0 Å². The zero-order valence-corrected chi connectivity index (χ0v) is 21.7. The van der Waals surface area contributed by atoms with E-state index in [1.807, 2.05) is 0 Å². The van der Waals surface area contributed by atoms with Crippen molar-refractivity contribution in [2.24, 2.45) is 0 Å². The number of halogens is 1. The third-order valence-electron chi connectivity index (χ3n) is 4.24. The van der Waals surface area contributed by atoms with E-state index in [2.05, 4.69) is 127 Å². The van der Waals surface area contributed by atoms with Crippen LogP contribution in [0.15, 0.2) is 60.7 Å². The Morgan fingerprint density at radius 2 is 1.22 bits per heavy atom. The second-order valence-corrected chi connectivity index (χ2v) is 19.5. The van der Waals surface area contributed by atoms with Gasteiger partial charge in [0.1, 0.15) is 0 Å². The van der Waals surface area contributed by atoms with Gasteiger partial charge in [0.05, 0.1) is 12.8 Å². The van der Waals surface area contributed by atoms with Crippen LogP contribution in [0.4, 0.5) is 0 Å². The van der Waals surface area contributed by atoms with Gasteiger partial charge in [-0.05, 0) is 30.8 Å². The molecule has 0 heterocycles. The second kappa shape index (κ2) is 9.83. The molecule has 0 saturated heterocycles. The minimum Gasteiger partial charge on any atom is -0.486 e. The summed E-state index contributed by atoms with van der Waals surface area (Å²) in [5.41, 5.74) is 2.71. The van der Waals surface area contributed by atoms with Crippen LogP contribution < -0.4 is 0 Å². The van der Waals surface area contributed by atoms with Crippen molar-refractivity contribution in [1.82, 2.24) is 0 Å². The molecule has 2 aromatic carbocycles. The smallest absolute Gasteiger partial charge is 0.379 e. The number of rotatable bonds is 9. The van der Waals surface area contributed by atoms with Crippen LogP contribution in [-0.4, -0.2) is 27.0 Å². The minimum absolute atomic E-state index is 0.0522. The molecule has 0 bridgehead atoms. The molecule has 0 aliphatic carbocycles. The van der Waals surface area contributed by atoms with Crippen molar-refractivity contribution in [3.63, 3.8) is 0 Å². The van der Waals surface area contributed by atoms with Crippen molar-refractivity contribution in [2.75, 3.05) is 0 Å². The highest BCUT2D eigenvalue weighted by Gasteiger charge is 2.44. The summed E-state index contributed by atoms with van der Waals surface area (Å²) in [6, 6.07) is 21.5. The molecule has 2 atom stereocenters. The quantitative estimate of drug-likeness (QED) is 0.118. The largest absolute Gasteiger partial charge is 0.486 e. The molecule has 0 aliphatic heterocycles. The average molecular weight is 514 g/mol. The van der Waals surface area contributed by atoms with Gasteiger partial charge in [0.15, 0.2) is 12.4 Å². The van der Waals surface area contributed by atoms with Crippen molar-refractivity contribution >= 4 is 39.2 Å². The van der Waals surface area contributed by atoms with Crippen LogP contribution in [0.25, 0.3) is 0 Å². The van der Waals surface area contributed by atoms with Gasteiger partial charge in [-0.25, -0.2) is 0 Å². The number of hydrogen-bond acceptors (Lipinski definition) is 1. The Kier molecular flexibility index (Phi) is 8.30. The molecule has 2 unspecified atom stereocenters. The maximum Gasteiger partial charge on any atom is 0.379 e. The Hall–Kier alpha value is -0.476. The predicted octanol–water partition coefficient (Wildman–Crippen LogP) is 6.80. The molecule has 148 valence electrons. The van der Waals surface area contributed by atoms with E-state index in [1.165, 1.54) is 11.1 Å². The Labute approximate surface area is 181 Å². The fourth-order valence-corrected chi connectivity index (χ4v) is 9.18. The number of benzene rings is 2. The first-order valence-electron chi connectivity index (χ1n) is 9.68. The summed E-state index contributed by atoms with van der Waals surface area (Å²) < 4.78 is 10.8. The van der Waals surface area contributed by atoms with Gasteiger partial charge in [-0.3, -0.25) is 0 Å². The van der Waals surface area contributed by atoms with Gasteiger partial charge in [0, 0.05) is 42.2 Å². The minimum atomic E-state index is -1.70. The van der Waals surface area contributed by atoms with Gasteiger partial charge in [-0.15, -0.1) is 0 Å². The molecule has 2 rings (SSSR count). The van der Waals surface area contributed by atoms with E-state index < -0.39 is 16.6 Å². The topological polar surface area (TPSA) is 11.9 Å². The van der Waals surface area contributed by atoms with Crippen molar-refractivity contribution in [2.45, 2.75) is 62.5 Å². The molecule has 0 amide bonds. The second-order valence-electron chi connectivity index (χ2n) is 8.93. The SMILES string of the molecule is C[Si](C)(C)OC(Cc1ccccc1)[O+](C(I)Cc1ccccc1)[Si](C)(C)C. The lowest BCUT2D eigenvalue weighted by atomic mass is 10.1. The van der Waals surface area contributed by atoms with Crippen molar-refractivity contribution in [3.8, 4) is 0 Å². The van der Waals surface area contributed by atoms with Crippen LogP contribution in [0.2, 0.25) is 39.3 Å². The molecule has 0 saturated carbocycles. The summed E-state index contributed by atoms with van der Waals surface area (Å²) in [5.74, 6) is 0. The average Bonchev–Trinajstić information content (AvgIpc) is 2.54. The summed E-state index contributed by atoms with van der Waals surface area (Å²) in [6.45, 7) is 14.1. The van der Waals surface area contributed by atoms with Crippen molar-refractivity contribution < 1.29 is 8.48 Å². The third-order valence-corrected chi connectivity index (χ3v) is 8.63. The molecule has 27 heavy (non-hydrogen) atoms. The van der Waals surface area contributed by atoms with E-state index in [4.69, 9.17) is 4.43 Å². The highest BCUT2D eigenvalue weighted by atomic mass is 127. The molecule has 0 radical (unpaired) electrons. The van der Waals surface area contributed by atoms with Crippen LogP contribution in [0.5, 0.6) is 0 Å². The summed E-state index contributed by atoms with van der Waals surface area (Å²) in [4.78, 5) is 0. The molecular formula is C22H34IO2Si2+. The fraction of sp³-hybridized carbons (Fsp3) is 0.455. The van der Waals surface area contributed by atoms with E-state index in [0.717, 1.165) is 12.8 Å². The summed E-state index contributed by atoms with van der Waals surface area (Å²) in [6.07, 6.45) is 1.97. The lowest BCUT2D eigenvalue weighted by Crippen LogP contribution is -2.53. The van der Waals surface area contributed by atoms with E-state index in [-0.39, 0.29) is 6.29 Å². The zero-order chi connectivity index (χ0) is 20.1. The molecule has 0 N–H and O–H groups in total. The Bertz CT molecular complexity index is 681. The molecule has 2 nitrogen and oxygen atoms in total. The monoisotopic (exact) mass is 513 g/mol. The molecular weight excluding hydrogens is 479 g/mol. The van der Waals surface area contributed by atoms with Crippen LogP contribution in [0.3, 0.4) is 0 Å². The fourth-order valence-electron chi connectivity index (χ4n) is 3.22. The molecule has 2 aromatic rings. The summed E-state index contributed by atoms with van der Waals surface area (Å²) in [7, 11) is -3.38. The normalized spacial score (nSPS) is 15.0. The highest BCUT2D eigenvalue weighted by Crippen LogP contribution is 2.33. The third kappa shape index (κ3) is 7.81. The highest BCUT2D eigenvalue weighted by molar-refractivity contribution is 14.1. The maximum atomic E-state index is 6.75. The van der Waals surface area contributed by atoms with Gasteiger partial charge >= 0.3 is 8.32 Å². The molecule has 5 heteroatoms. The first kappa shape index (κ1) is 22.8. The van der Waals surface area contributed by atoms with Gasteiger partial charge < -0.3 is 8.48 Å². The van der Waals surface area contributed by atoms with Crippen LogP contribution in [-0.2, 0) is 21.3 Å². The van der Waals surface area contributed by atoms with E-state index in [9.17, 15) is 0 Å². The summed E-state index contributed by atoms with van der Waals surface area (Å²) in [5, 5.41) is 0. The molecule has 0 fully saturated rings. The van der Waals surface area contributed by atoms with Gasteiger partial charge in [-0.1, -0.05) is 60.7 Å². The zero-order valence-electron chi connectivity index (χ0n) is 17.5. The molecule has 0 spiro atoms. The standard InChI is InChI=1S/C22H34IO2Si2/c1-26(2,3)24-22(18-20-15-11-8-12-16-20)25(27(4,5)6)21(23)17-19-13-9-7-10-14-19/h7-16,21-22H,17-18H2,1-6H3/q+1. The maximum absolute atomic E-state index is 6.75. The molecule has 0 aliphatic rings.